The van der Waals surface area contributed by atoms with Crippen molar-refractivity contribution in [3.8, 4) is 5.75 Å². The summed E-state index contributed by atoms with van der Waals surface area (Å²) < 4.78 is 13.2. The van der Waals surface area contributed by atoms with E-state index in [1.807, 2.05) is 11.7 Å². The van der Waals surface area contributed by atoms with E-state index < -0.39 is 0 Å². The Kier molecular flexibility index (Phi) is 5.01. The van der Waals surface area contributed by atoms with E-state index in [-0.39, 0.29) is 5.97 Å². The van der Waals surface area contributed by atoms with Gasteiger partial charge in [0.05, 0.1) is 28.5 Å². The van der Waals surface area contributed by atoms with Crippen molar-refractivity contribution < 1.29 is 14.3 Å². The van der Waals surface area contributed by atoms with Crippen LogP contribution in [0.5, 0.6) is 5.75 Å². The van der Waals surface area contributed by atoms with E-state index in [0.29, 0.717) is 17.9 Å². The van der Waals surface area contributed by atoms with Crippen LogP contribution in [-0.2, 0) is 24.8 Å². The Balaban J connectivity index is 2.06. The lowest BCUT2D eigenvalue weighted by Gasteiger charge is -2.07. The molecular weight excluding hydrogens is 336 g/mol. The fourth-order valence-electron chi connectivity index (χ4n) is 1.93. The normalized spacial score (nSPS) is 10.5. The predicted octanol–water partition coefficient (Wildman–Crippen LogP) is 3.11. The first-order valence-corrected chi connectivity index (χ1v) is 7.37. The number of hydrogen-bond donors (Lipinski definition) is 0. The van der Waals surface area contributed by atoms with Gasteiger partial charge < -0.3 is 9.47 Å². The molecule has 0 aliphatic carbocycles. The highest BCUT2D eigenvalue weighted by molar-refractivity contribution is 9.10. The number of halogens is 1. The first-order valence-electron chi connectivity index (χ1n) is 6.58. The average Bonchev–Trinajstić information content (AvgIpc) is 2.79. The summed E-state index contributed by atoms with van der Waals surface area (Å²) in [7, 11) is 3.25. The van der Waals surface area contributed by atoms with Gasteiger partial charge in [-0.15, -0.1) is 0 Å². The number of aryl methyl sites for hydroxylation is 2. The maximum atomic E-state index is 11.3. The lowest BCUT2D eigenvalue weighted by molar-refractivity contribution is 0.0600. The van der Waals surface area contributed by atoms with Crippen LogP contribution in [0.2, 0.25) is 0 Å². The van der Waals surface area contributed by atoms with Gasteiger partial charge in [-0.1, -0.05) is 6.92 Å². The van der Waals surface area contributed by atoms with Gasteiger partial charge in [0.1, 0.15) is 12.4 Å². The summed E-state index contributed by atoms with van der Waals surface area (Å²) in [5, 5.41) is 4.42. The second-order valence-corrected chi connectivity index (χ2v) is 5.28. The van der Waals surface area contributed by atoms with Crippen molar-refractivity contribution in [1.82, 2.24) is 9.78 Å². The number of aromatic nitrogens is 2. The van der Waals surface area contributed by atoms with Gasteiger partial charge in [0.25, 0.3) is 0 Å². The standard InChI is InChI=1S/C15H17BrN2O3/c1-4-12-14(16)13(18(2)17-12)9-21-11-7-5-10(6-8-11)15(19)20-3/h5-8H,4,9H2,1-3H3. The molecule has 0 bridgehead atoms. The summed E-state index contributed by atoms with van der Waals surface area (Å²) in [6.07, 6.45) is 0.863. The van der Waals surface area contributed by atoms with E-state index in [4.69, 9.17) is 4.74 Å². The molecule has 0 aliphatic rings. The minimum atomic E-state index is -0.358. The molecule has 5 nitrogen and oxygen atoms in total. The zero-order valence-corrected chi connectivity index (χ0v) is 13.8. The molecule has 0 radical (unpaired) electrons. The van der Waals surface area contributed by atoms with Crippen molar-refractivity contribution in [2.24, 2.45) is 7.05 Å². The van der Waals surface area contributed by atoms with Gasteiger partial charge in [0, 0.05) is 7.05 Å². The van der Waals surface area contributed by atoms with E-state index in [0.717, 1.165) is 22.3 Å². The Morgan fingerprint density at radius 3 is 2.52 bits per heavy atom. The highest BCUT2D eigenvalue weighted by Gasteiger charge is 2.13. The fourth-order valence-corrected chi connectivity index (χ4v) is 2.66. The number of carbonyl (C=O) groups is 1. The number of ether oxygens (including phenoxy) is 2. The van der Waals surface area contributed by atoms with Crippen LogP contribution in [0.1, 0.15) is 28.7 Å². The van der Waals surface area contributed by atoms with Gasteiger partial charge >= 0.3 is 5.97 Å². The minimum Gasteiger partial charge on any atom is -0.487 e. The second-order valence-electron chi connectivity index (χ2n) is 4.49. The Bertz CT molecular complexity index is 635. The molecule has 2 rings (SSSR count). The molecule has 0 fully saturated rings. The van der Waals surface area contributed by atoms with Gasteiger partial charge in [-0.3, -0.25) is 4.68 Å². The number of methoxy groups -OCH3 is 1. The molecule has 1 heterocycles. The molecule has 0 aliphatic heterocycles. The molecule has 0 saturated heterocycles. The number of hydrogen-bond acceptors (Lipinski definition) is 4. The molecule has 0 spiro atoms. The number of benzene rings is 1. The monoisotopic (exact) mass is 352 g/mol. The molecule has 0 atom stereocenters. The van der Waals surface area contributed by atoms with Crippen molar-refractivity contribution >= 4 is 21.9 Å². The average molecular weight is 353 g/mol. The van der Waals surface area contributed by atoms with E-state index in [1.165, 1.54) is 7.11 Å². The number of carbonyl (C=O) groups excluding carboxylic acids is 1. The Morgan fingerprint density at radius 2 is 2.00 bits per heavy atom. The third-order valence-electron chi connectivity index (χ3n) is 3.15. The summed E-state index contributed by atoms with van der Waals surface area (Å²) in [6, 6.07) is 6.85. The third kappa shape index (κ3) is 3.44. The number of esters is 1. The molecule has 0 unspecified atom stereocenters. The molecule has 2 aromatic rings. The van der Waals surface area contributed by atoms with E-state index in [1.54, 1.807) is 24.3 Å². The molecule has 0 amide bonds. The lowest BCUT2D eigenvalue weighted by atomic mass is 10.2. The first-order chi connectivity index (χ1) is 10.1. The summed E-state index contributed by atoms with van der Waals surface area (Å²) in [4.78, 5) is 11.3. The maximum Gasteiger partial charge on any atom is 0.337 e. The van der Waals surface area contributed by atoms with Gasteiger partial charge in [0.15, 0.2) is 0 Å². The molecule has 0 saturated carbocycles. The quantitative estimate of drug-likeness (QED) is 0.775. The molecule has 6 heteroatoms. The summed E-state index contributed by atoms with van der Waals surface area (Å²) in [5.41, 5.74) is 2.49. The number of rotatable bonds is 5. The summed E-state index contributed by atoms with van der Waals surface area (Å²) in [6.45, 7) is 2.46. The van der Waals surface area contributed by atoms with Crippen LogP contribution >= 0.6 is 15.9 Å². The van der Waals surface area contributed by atoms with Gasteiger partial charge in [-0.05, 0) is 46.6 Å². The van der Waals surface area contributed by atoms with Crippen molar-refractivity contribution in [2.75, 3.05) is 7.11 Å². The molecular formula is C15H17BrN2O3. The Morgan fingerprint density at radius 1 is 1.33 bits per heavy atom. The largest absolute Gasteiger partial charge is 0.487 e. The molecule has 1 aromatic heterocycles. The van der Waals surface area contributed by atoms with Crippen molar-refractivity contribution in [3.05, 3.63) is 45.7 Å². The van der Waals surface area contributed by atoms with Crippen molar-refractivity contribution in [1.29, 1.82) is 0 Å². The van der Waals surface area contributed by atoms with E-state index >= 15 is 0 Å². The van der Waals surface area contributed by atoms with Crippen LogP contribution in [0.25, 0.3) is 0 Å². The molecule has 1 aromatic carbocycles. The van der Waals surface area contributed by atoms with E-state index in [2.05, 4.69) is 32.7 Å². The Labute approximate surface area is 132 Å². The summed E-state index contributed by atoms with van der Waals surface area (Å²) >= 11 is 3.55. The molecule has 0 N–H and O–H groups in total. The third-order valence-corrected chi connectivity index (χ3v) is 4.07. The predicted molar refractivity (Wildman–Crippen MR) is 82.4 cm³/mol. The lowest BCUT2D eigenvalue weighted by Crippen LogP contribution is -2.04. The highest BCUT2D eigenvalue weighted by Crippen LogP contribution is 2.23. The summed E-state index contributed by atoms with van der Waals surface area (Å²) in [5.74, 6) is 0.331. The van der Waals surface area contributed by atoms with Crippen LogP contribution in [0.3, 0.4) is 0 Å². The van der Waals surface area contributed by atoms with Crippen molar-refractivity contribution in [3.63, 3.8) is 0 Å². The van der Waals surface area contributed by atoms with Gasteiger partial charge in [-0.25, -0.2) is 4.79 Å². The maximum absolute atomic E-state index is 11.3. The highest BCUT2D eigenvalue weighted by atomic mass is 79.9. The zero-order chi connectivity index (χ0) is 15.4. The Hall–Kier alpha value is -1.82. The van der Waals surface area contributed by atoms with Crippen LogP contribution in [0, 0.1) is 0 Å². The van der Waals surface area contributed by atoms with Crippen LogP contribution in [-0.4, -0.2) is 22.9 Å². The minimum absolute atomic E-state index is 0.358. The smallest absolute Gasteiger partial charge is 0.337 e. The fraction of sp³-hybridized carbons (Fsp3) is 0.333. The zero-order valence-electron chi connectivity index (χ0n) is 12.2. The first kappa shape index (κ1) is 15.6. The van der Waals surface area contributed by atoms with Crippen molar-refractivity contribution in [2.45, 2.75) is 20.0 Å². The molecule has 21 heavy (non-hydrogen) atoms. The van der Waals surface area contributed by atoms with Gasteiger partial charge in [-0.2, -0.15) is 5.10 Å². The second kappa shape index (κ2) is 6.76. The number of nitrogens with zero attached hydrogens (tertiary/aromatic N) is 2. The SMILES string of the molecule is CCc1nn(C)c(COc2ccc(C(=O)OC)cc2)c1Br. The van der Waals surface area contributed by atoms with Crippen LogP contribution in [0.4, 0.5) is 0 Å². The van der Waals surface area contributed by atoms with Crippen LogP contribution in [0.15, 0.2) is 28.7 Å². The van der Waals surface area contributed by atoms with E-state index in [9.17, 15) is 4.79 Å². The topological polar surface area (TPSA) is 53.4 Å². The van der Waals surface area contributed by atoms with Gasteiger partial charge in [0.2, 0.25) is 0 Å². The van der Waals surface area contributed by atoms with Crippen LogP contribution < -0.4 is 4.74 Å². The molecule has 112 valence electrons.